The van der Waals surface area contributed by atoms with Crippen molar-refractivity contribution in [1.82, 2.24) is 5.32 Å². The molecule has 0 aliphatic rings. The monoisotopic (exact) mass is 262 g/mol. The summed E-state index contributed by atoms with van der Waals surface area (Å²) in [5.41, 5.74) is 6.81. The minimum absolute atomic E-state index is 0.0743. The van der Waals surface area contributed by atoms with Gasteiger partial charge in [0.2, 0.25) is 5.91 Å². The van der Waals surface area contributed by atoms with Crippen molar-refractivity contribution in [1.29, 1.82) is 0 Å². The Balaban J connectivity index is 2.69. The summed E-state index contributed by atoms with van der Waals surface area (Å²) in [6.45, 7) is 6.82. The fourth-order valence-electron chi connectivity index (χ4n) is 2.34. The van der Waals surface area contributed by atoms with E-state index in [1.807, 2.05) is 37.3 Å². The Labute approximate surface area is 116 Å². The lowest BCUT2D eigenvalue weighted by Crippen LogP contribution is -2.43. The second kappa shape index (κ2) is 7.95. The maximum absolute atomic E-state index is 12.4. The van der Waals surface area contributed by atoms with E-state index in [0.717, 1.165) is 18.4 Å². The molecule has 0 fully saturated rings. The summed E-state index contributed by atoms with van der Waals surface area (Å²) in [4.78, 5) is 12.4. The number of hydrogen-bond donors (Lipinski definition) is 2. The molecular formula is C16H26N2O. The van der Waals surface area contributed by atoms with Crippen molar-refractivity contribution in [3.05, 3.63) is 35.9 Å². The van der Waals surface area contributed by atoms with Crippen molar-refractivity contribution < 1.29 is 4.79 Å². The van der Waals surface area contributed by atoms with Gasteiger partial charge in [0.05, 0.1) is 5.92 Å². The molecule has 0 aliphatic carbocycles. The van der Waals surface area contributed by atoms with Crippen LogP contribution in [0.1, 0.15) is 45.1 Å². The molecule has 0 bridgehead atoms. The molecule has 106 valence electrons. The zero-order chi connectivity index (χ0) is 14.3. The summed E-state index contributed by atoms with van der Waals surface area (Å²) in [5, 5.41) is 3.08. The fraction of sp³-hybridized carbons (Fsp3) is 0.562. The normalized spacial score (nSPS) is 14.2. The fourth-order valence-corrected chi connectivity index (χ4v) is 2.34. The third-order valence-corrected chi connectivity index (χ3v) is 3.31. The zero-order valence-corrected chi connectivity index (χ0v) is 12.2. The molecule has 0 saturated heterocycles. The van der Waals surface area contributed by atoms with Gasteiger partial charge >= 0.3 is 0 Å². The number of carbonyl (C=O) groups is 1. The second-order valence-electron chi connectivity index (χ2n) is 5.44. The zero-order valence-electron chi connectivity index (χ0n) is 12.2. The van der Waals surface area contributed by atoms with Crippen LogP contribution in [0.15, 0.2) is 30.3 Å². The molecule has 0 spiro atoms. The van der Waals surface area contributed by atoms with Crippen molar-refractivity contribution in [2.75, 3.05) is 6.54 Å². The molecule has 1 rings (SSSR count). The number of nitrogens with one attached hydrogen (secondary N) is 1. The van der Waals surface area contributed by atoms with Crippen LogP contribution >= 0.6 is 0 Å². The van der Waals surface area contributed by atoms with Crippen LogP contribution in [0.2, 0.25) is 0 Å². The van der Waals surface area contributed by atoms with Gasteiger partial charge in [-0.15, -0.1) is 0 Å². The van der Waals surface area contributed by atoms with Crippen LogP contribution in [-0.4, -0.2) is 18.5 Å². The van der Waals surface area contributed by atoms with Crippen LogP contribution in [0.5, 0.6) is 0 Å². The summed E-state index contributed by atoms with van der Waals surface area (Å²) in [6, 6.07) is 10.0. The molecule has 0 saturated carbocycles. The highest BCUT2D eigenvalue weighted by atomic mass is 16.1. The van der Waals surface area contributed by atoms with Gasteiger partial charge in [0.1, 0.15) is 0 Å². The van der Waals surface area contributed by atoms with Crippen LogP contribution in [0, 0.1) is 5.92 Å². The van der Waals surface area contributed by atoms with Crippen molar-refractivity contribution in [2.45, 2.75) is 45.6 Å². The first-order valence-corrected chi connectivity index (χ1v) is 7.13. The summed E-state index contributed by atoms with van der Waals surface area (Å²) in [6.07, 6.45) is 1.72. The van der Waals surface area contributed by atoms with Gasteiger partial charge in [-0.05, 0) is 24.3 Å². The van der Waals surface area contributed by atoms with E-state index >= 15 is 0 Å². The third-order valence-electron chi connectivity index (χ3n) is 3.31. The largest absolute Gasteiger partial charge is 0.352 e. The first kappa shape index (κ1) is 15.7. The highest BCUT2D eigenvalue weighted by molar-refractivity contribution is 5.83. The predicted molar refractivity (Wildman–Crippen MR) is 79.9 cm³/mol. The van der Waals surface area contributed by atoms with E-state index in [9.17, 15) is 4.79 Å². The maximum atomic E-state index is 12.4. The number of carbonyl (C=O) groups excluding carboxylic acids is 1. The first-order valence-electron chi connectivity index (χ1n) is 7.13. The van der Waals surface area contributed by atoms with Crippen LogP contribution in [0.4, 0.5) is 0 Å². The molecule has 1 aromatic carbocycles. The van der Waals surface area contributed by atoms with Gasteiger partial charge in [0.25, 0.3) is 0 Å². The SMILES string of the molecule is CCC(C(=O)NC(CN)CC(C)C)c1ccccc1. The van der Waals surface area contributed by atoms with Gasteiger partial charge in [-0.1, -0.05) is 51.1 Å². The van der Waals surface area contributed by atoms with Crippen molar-refractivity contribution in [3.8, 4) is 0 Å². The van der Waals surface area contributed by atoms with Crippen LogP contribution in [0.3, 0.4) is 0 Å². The lowest BCUT2D eigenvalue weighted by Gasteiger charge is -2.22. The molecule has 2 unspecified atom stereocenters. The third kappa shape index (κ3) is 5.03. The first-order chi connectivity index (χ1) is 9.08. The van der Waals surface area contributed by atoms with Gasteiger partial charge in [-0.25, -0.2) is 0 Å². The van der Waals surface area contributed by atoms with Crippen molar-refractivity contribution in [3.63, 3.8) is 0 Å². The van der Waals surface area contributed by atoms with Crippen LogP contribution < -0.4 is 11.1 Å². The van der Waals surface area contributed by atoms with E-state index in [1.165, 1.54) is 0 Å². The average molecular weight is 262 g/mol. The minimum Gasteiger partial charge on any atom is -0.352 e. The molecule has 1 aromatic rings. The van der Waals surface area contributed by atoms with E-state index in [0.29, 0.717) is 12.5 Å². The quantitative estimate of drug-likeness (QED) is 0.793. The molecule has 0 aromatic heterocycles. The summed E-state index contributed by atoms with van der Waals surface area (Å²) in [7, 11) is 0. The Morgan fingerprint density at radius 2 is 1.89 bits per heavy atom. The molecule has 0 aliphatic heterocycles. The molecule has 3 heteroatoms. The highest BCUT2D eigenvalue weighted by Gasteiger charge is 2.21. The lowest BCUT2D eigenvalue weighted by atomic mass is 9.94. The molecule has 19 heavy (non-hydrogen) atoms. The summed E-state index contributed by atoms with van der Waals surface area (Å²) >= 11 is 0. The van der Waals surface area contributed by atoms with Crippen molar-refractivity contribution >= 4 is 5.91 Å². The topological polar surface area (TPSA) is 55.1 Å². The van der Waals surface area contributed by atoms with Gasteiger partial charge < -0.3 is 11.1 Å². The van der Waals surface area contributed by atoms with E-state index in [-0.39, 0.29) is 17.9 Å². The maximum Gasteiger partial charge on any atom is 0.227 e. The Morgan fingerprint density at radius 1 is 1.26 bits per heavy atom. The molecule has 0 heterocycles. The number of amides is 1. The number of hydrogen-bond acceptors (Lipinski definition) is 2. The van der Waals surface area contributed by atoms with E-state index in [1.54, 1.807) is 0 Å². The second-order valence-corrected chi connectivity index (χ2v) is 5.44. The Kier molecular flexibility index (Phi) is 6.57. The summed E-state index contributed by atoms with van der Waals surface area (Å²) in [5.74, 6) is 0.540. The molecule has 3 nitrogen and oxygen atoms in total. The molecule has 2 atom stereocenters. The minimum atomic E-state index is -0.0811. The van der Waals surface area contributed by atoms with E-state index in [4.69, 9.17) is 5.73 Å². The van der Waals surface area contributed by atoms with Gasteiger partial charge in [-0.3, -0.25) is 4.79 Å². The smallest absolute Gasteiger partial charge is 0.227 e. The number of benzene rings is 1. The Hall–Kier alpha value is -1.35. The molecule has 0 radical (unpaired) electrons. The average Bonchev–Trinajstić information content (AvgIpc) is 2.39. The summed E-state index contributed by atoms with van der Waals surface area (Å²) < 4.78 is 0. The molecule has 3 N–H and O–H groups in total. The van der Waals surface area contributed by atoms with E-state index < -0.39 is 0 Å². The molecular weight excluding hydrogens is 236 g/mol. The number of rotatable bonds is 7. The lowest BCUT2D eigenvalue weighted by molar-refractivity contribution is -0.123. The highest BCUT2D eigenvalue weighted by Crippen LogP contribution is 2.19. The van der Waals surface area contributed by atoms with Gasteiger partial charge in [0.15, 0.2) is 0 Å². The molecule has 1 amide bonds. The van der Waals surface area contributed by atoms with Gasteiger partial charge in [-0.2, -0.15) is 0 Å². The van der Waals surface area contributed by atoms with Crippen LogP contribution in [0.25, 0.3) is 0 Å². The Bertz CT molecular complexity index is 376. The van der Waals surface area contributed by atoms with Crippen LogP contribution in [-0.2, 0) is 4.79 Å². The van der Waals surface area contributed by atoms with Crippen molar-refractivity contribution in [2.24, 2.45) is 11.7 Å². The van der Waals surface area contributed by atoms with Gasteiger partial charge in [0, 0.05) is 12.6 Å². The Morgan fingerprint density at radius 3 is 2.37 bits per heavy atom. The van der Waals surface area contributed by atoms with E-state index in [2.05, 4.69) is 19.2 Å². The number of nitrogens with two attached hydrogens (primary N) is 1. The predicted octanol–water partition coefficient (Wildman–Crippen LogP) is 2.67. The standard InChI is InChI=1S/C16H26N2O/c1-4-15(13-8-6-5-7-9-13)16(19)18-14(11-17)10-12(2)3/h5-9,12,14-15H,4,10-11,17H2,1-3H3,(H,18,19).